The van der Waals surface area contributed by atoms with Crippen molar-refractivity contribution in [1.29, 1.82) is 0 Å². The highest BCUT2D eigenvalue weighted by Crippen LogP contribution is 2.29. The molecule has 0 aliphatic carbocycles. The highest BCUT2D eigenvalue weighted by molar-refractivity contribution is 5.83. The van der Waals surface area contributed by atoms with Gasteiger partial charge in [0.25, 0.3) is 0 Å². The van der Waals surface area contributed by atoms with E-state index in [0.717, 1.165) is 0 Å². The first-order valence-corrected chi connectivity index (χ1v) is 6.46. The molecule has 7 nitrogen and oxygen atoms in total. The van der Waals surface area contributed by atoms with Crippen LogP contribution in [0.2, 0.25) is 0 Å². The van der Waals surface area contributed by atoms with E-state index < -0.39 is 35.7 Å². The lowest BCUT2D eigenvalue weighted by Gasteiger charge is -2.31. The van der Waals surface area contributed by atoms with Crippen LogP contribution < -0.4 is 0 Å². The van der Waals surface area contributed by atoms with Crippen molar-refractivity contribution in [2.75, 3.05) is 7.11 Å². The zero-order valence-corrected chi connectivity index (χ0v) is 12.2. The summed E-state index contributed by atoms with van der Waals surface area (Å²) >= 11 is 0. The molecule has 0 aromatic carbocycles. The molecule has 1 fully saturated rings. The largest absolute Gasteiger partial charge is 0.481 e. The number of carbonyl (C=O) groups excluding carboxylic acids is 2. The van der Waals surface area contributed by atoms with E-state index in [2.05, 4.69) is 4.74 Å². The summed E-state index contributed by atoms with van der Waals surface area (Å²) in [7, 11) is 1.24. The molecule has 0 unspecified atom stereocenters. The minimum atomic E-state index is -1.02. The Labute approximate surface area is 117 Å². The van der Waals surface area contributed by atoms with E-state index in [9.17, 15) is 14.4 Å². The number of rotatable bonds is 3. The van der Waals surface area contributed by atoms with Crippen LogP contribution in [0.25, 0.3) is 0 Å². The summed E-state index contributed by atoms with van der Waals surface area (Å²) in [6, 6.07) is -1.33. The molecule has 0 radical (unpaired) electrons. The second kappa shape index (κ2) is 6.11. The average Bonchev–Trinajstić information content (AvgIpc) is 2.68. The molecule has 114 valence electrons. The first-order chi connectivity index (χ1) is 9.15. The van der Waals surface area contributed by atoms with Gasteiger partial charge >= 0.3 is 18.0 Å². The number of hydrogen-bond donors (Lipinski definition) is 1. The number of carbonyl (C=O) groups is 3. The molecule has 0 spiro atoms. The van der Waals surface area contributed by atoms with Gasteiger partial charge in [0.2, 0.25) is 0 Å². The first kappa shape index (κ1) is 16.3. The molecule has 1 aliphatic heterocycles. The second-order valence-corrected chi connectivity index (χ2v) is 5.76. The van der Waals surface area contributed by atoms with Gasteiger partial charge in [-0.15, -0.1) is 0 Å². The molecule has 7 heteroatoms. The van der Waals surface area contributed by atoms with Gasteiger partial charge in [0.1, 0.15) is 11.6 Å². The molecule has 1 N–H and O–H groups in total. The number of amides is 1. The Morgan fingerprint density at radius 3 is 2.30 bits per heavy atom. The monoisotopic (exact) mass is 287 g/mol. The molecule has 1 rings (SSSR count). The molecule has 0 bridgehead atoms. The van der Waals surface area contributed by atoms with E-state index in [1.807, 2.05) is 0 Å². The lowest BCUT2D eigenvalue weighted by Crippen LogP contribution is -2.48. The van der Waals surface area contributed by atoms with Crippen LogP contribution >= 0.6 is 0 Å². The molecule has 1 aliphatic rings. The summed E-state index contributed by atoms with van der Waals surface area (Å²) in [6.45, 7) is 5.13. The van der Waals surface area contributed by atoms with E-state index in [-0.39, 0.29) is 6.42 Å². The molecule has 1 amide bonds. The maximum Gasteiger partial charge on any atom is 0.411 e. The Morgan fingerprint density at radius 2 is 1.85 bits per heavy atom. The van der Waals surface area contributed by atoms with Crippen LogP contribution in [-0.2, 0) is 19.1 Å². The normalized spacial score (nSPS) is 22.5. The van der Waals surface area contributed by atoms with Gasteiger partial charge in [-0.2, -0.15) is 0 Å². The van der Waals surface area contributed by atoms with Crippen LogP contribution in [-0.4, -0.2) is 52.8 Å². The van der Waals surface area contributed by atoms with Crippen molar-refractivity contribution in [3.05, 3.63) is 0 Å². The van der Waals surface area contributed by atoms with Gasteiger partial charge in [-0.3, -0.25) is 9.69 Å². The quantitative estimate of drug-likeness (QED) is 0.789. The molecule has 1 saturated heterocycles. The molecule has 0 aromatic heterocycles. The van der Waals surface area contributed by atoms with Crippen molar-refractivity contribution in [3.8, 4) is 0 Å². The van der Waals surface area contributed by atoms with Gasteiger partial charge in [-0.05, 0) is 33.6 Å². The third-order valence-corrected chi connectivity index (χ3v) is 2.99. The second-order valence-electron chi connectivity index (χ2n) is 5.76. The van der Waals surface area contributed by atoms with Crippen molar-refractivity contribution in [1.82, 2.24) is 4.90 Å². The van der Waals surface area contributed by atoms with Crippen molar-refractivity contribution in [3.63, 3.8) is 0 Å². The van der Waals surface area contributed by atoms with E-state index in [1.54, 1.807) is 20.8 Å². The Hall–Kier alpha value is -1.79. The Morgan fingerprint density at radius 1 is 1.25 bits per heavy atom. The van der Waals surface area contributed by atoms with Gasteiger partial charge in [0.15, 0.2) is 0 Å². The maximum atomic E-state index is 12.2. The van der Waals surface area contributed by atoms with Crippen LogP contribution in [0.5, 0.6) is 0 Å². The number of aliphatic carboxylic acids is 1. The smallest absolute Gasteiger partial charge is 0.411 e. The van der Waals surface area contributed by atoms with E-state index in [0.29, 0.717) is 12.8 Å². The molecule has 0 aromatic rings. The number of carboxylic acids is 1. The van der Waals surface area contributed by atoms with Gasteiger partial charge in [-0.25, -0.2) is 9.59 Å². The standard InChI is InChI=1S/C13H21NO6/c1-13(2,3)20-12(18)14-8(7-10(15)16)5-6-9(14)11(17)19-4/h8-9H,5-7H2,1-4H3,(H,15,16)/t8-,9+/m1/s1. The molecular weight excluding hydrogens is 266 g/mol. The predicted octanol–water partition coefficient (Wildman–Crippen LogP) is 1.40. The molecule has 0 saturated carbocycles. The van der Waals surface area contributed by atoms with Crippen LogP contribution in [0.4, 0.5) is 4.79 Å². The van der Waals surface area contributed by atoms with E-state index in [1.165, 1.54) is 12.0 Å². The number of esters is 1. The van der Waals surface area contributed by atoms with Gasteiger partial charge in [-0.1, -0.05) is 0 Å². The summed E-state index contributed by atoms with van der Waals surface area (Å²) in [4.78, 5) is 36.0. The lowest BCUT2D eigenvalue weighted by atomic mass is 10.1. The Bertz CT molecular complexity index is 400. The first-order valence-electron chi connectivity index (χ1n) is 6.46. The van der Waals surface area contributed by atoms with Crippen LogP contribution in [0.15, 0.2) is 0 Å². The third-order valence-electron chi connectivity index (χ3n) is 2.99. The molecular formula is C13H21NO6. The van der Waals surface area contributed by atoms with Gasteiger partial charge in [0.05, 0.1) is 13.5 Å². The molecule has 1 heterocycles. The van der Waals surface area contributed by atoms with Gasteiger partial charge < -0.3 is 14.6 Å². The minimum absolute atomic E-state index is 0.216. The highest BCUT2D eigenvalue weighted by atomic mass is 16.6. The Balaban J connectivity index is 2.92. The van der Waals surface area contributed by atoms with Crippen molar-refractivity contribution >= 4 is 18.0 Å². The van der Waals surface area contributed by atoms with Crippen molar-refractivity contribution in [2.24, 2.45) is 0 Å². The number of carboxylic acid groups (broad SMARTS) is 1. The lowest BCUT2D eigenvalue weighted by molar-refractivity contribution is -0.147. The fraction of sp³-hybridized carbons (Fsp3) is 0.769. The van der Waals surface area contributed by atoms with E-state index >= 15 is 0 Å². The number of nitrogens with zero attached hydrogens (tertiary/aromatic N) is 1. The summed E-state index contributed by atoms with van der Waals surface area (Å²) in [5, 5.41) is 8.89. The minimum Gasteiger partial charge on any atom is -0.481 e. The van der Waals surface area contributed by atoms with Crippen LogP contribution in [0.1, 0.15) is 40.0 Å². The Kier molecular flexibility index (Phi) is 4.97. The topological polar surface area (TPSA) is 93.1 Å². The number of ether oxygens (including phenoxy) is 2. The predicted molar refractivity (Wildman–Crippen MR) is 69.2 cm³/mol. The summed E-state index contributed by atoms with van der Waals surface area (Å²) in [5.41, 5.74) is -0.714. The third kappa shape index (κ3) is 4.11. The van der Waals surface area contributed by atoms with Gasteiger partial charge in [0, 0.05) is 6.04 Å². The maximum absolute atomic E-state index is 12.2. The molecule has 2 atom stereocenters. The van der Waals surface area contributed by atoms with E-state index in [4.69, 9.17) is 9.84 Å². The SMILES string of the molecule is COC(=O)[C@@H]1CC[C@H](CC(=O)O)N1C(=O)OC(C)(C)C. The summed E-state index contributed by atoms with van der Waals surface area (Å²) in [6.07, 6.45) is -0.0845. The number of hydrogen-bond acceptors (Lipinski definition) is 5. The van der Waals surface area contributed by atoms with Crippen LogP contribution in [0, 0.1) is 0 Å². The summed E-state index contributed by atoms with van der Waals surface area (Å²) in [5.74, 6) is -1.57. The van der Waals surface area contributed by atoms with Crippen molar-refractivity contribution < 1.29 is 29.0 Å². The fourth-order valence-corrected chi connectivity index (χ4v) is 2.24. The highest BCUT2D eigenvalue weighted by Gasteiger charge is 2.44. The average molecular weight is 287 g/mol. The number of likely N-dealkylation sites (tertiary alicyclic amines) is 1. The van der Waals surface area contributed by atoms with Crippen molar-refractivity contribution in [2.45, 2.75) is 57.7 Å². The zero-order chi connectivity index (χ0) is 15.5. The molecule has 20 heavy (non-hydrogen) atoms. The van der Waals surface area contributed by atoms with Crippen LogP contribution in [0.3, 0.4) is 0 Å². The number of methoxy groups -OCH3 is 1. The summed E-state index contributed by atoms with van der Waals surface area (Å²) < 4.78 is 9.91. The fourth-order valence-electron chi connectivity index (χ4n) is 2.24. The zero-order valence-electron chi connectivity index (χ0n) is 12.2.